The van der Waals surface area contributed by atoms with E-state index in [1.807, 2.05) is 19.9 Å². The fourth-order valence-corrected chi connectivity index (χ4v) is 4.87. The lowest BCUT2D eigenvalue weighted by Gasteiger charge is -2.26. The highest BCUT2D eigenvalue weighted by atomic mass is 35.5. The average molecular weight is 435 g/mol. The van der Waals surface area contributed by atoms with Crippen LogP contribution in [-0.2, 0) is 19.6 Å². The van der Waals surface area contributed by atoms with Crippen molar-refractivity contribution in [3.8, 4) is 0 Å². The highest BCUT2D eigenvalue weighted by Gasteiger charge is 2.25. The smallest absolute Gasteiger partial charge is 0.248 e. The zero-order valence-electron chi connectivity index (χ0n) is 16.3. The molecule has 154 valence electrons. The Hall–Kier alpha value is -2.19. The van der Waals surface area contributed by atoms with E-state index in [2.05, 4.69) is 5.32 Å². The molecule has 0 atom stereocenters. The van der Waals surface area contributed by atoms with E-state index in [1.54, 1.807) is 36.4 Å². The summed E-state index contributed by atoms with van der Waals surface area (Å²) in [7, 11) is -3.53. The van der Waals surface area contributed by atoms with Gasteiger partial charge in [0.15, 0.2) is 0 Å². The van der Waals surface area contributed by atoms with Crippen molar-refractivity contribution in [2.45, 2.75) is 18.7 Å². The molecule has 29 heavy (non-hydrogen) atoms. The minimum atomic E-state index is -3.53. The van der Waals surface area contributed by atoms with Gasteiger partial charge >= 0.3 is 0 Å². The van der Waals surface area contributed by atoms with E-state index in [9.17, 15) is 13.2 Å². The minimum Gasteiger partial charge on any atom is -0.379 e. The number of hydrogen-bond donors (Lipinski definition) is 1. The third-order valence-corrected chi connectivity index (χ3v) is 6.81. The Morgan fingerprint density at radius 1 is 1.14 bits per heavy atom. The Kier molecular flexibility index (Phi) is 6.74. The molecule has 0 unspecified atom stereocenters. The number of benzene rings is 2. The molecular weight excluding hydrogens is 412 g/mol. The maximum Gasteiger partial charge on any atom is 0.248 e. The van der Waals surface area contributed by atoms with Crippen LogP contribution in [0.5, 0.6) is 0 Å². The summed E-state index contributed by atoms with van der Waals surface area (Å²) >= 11 is 6.21. The van der Waals surface area contributed by atoms with Gasteiger partial charge in [0.05, 0.1) is 28.8 Å². The molecule has 1 amide bonds. The number of rotatable bonds is 5. The number of hydrogen-bond acceptors (Lipinski definition) is 4. The van der Waals surface area contributed by atoms with Crippen LogP contribution in [0.15, 0.2) is 47.4 Å². The number of ether oxygens (including phenoxy) is 1. The summed E-state index contributed by atoms with van der Waals surface area (Å²) in [6.07, 6.45) is 3.01. The van der Waals surface area contributed by atoms with Gasteiger partial charge in [-0.1, -0.05) is 29.8 Å². The molecule has 0 aromatic heterocycles. The van der Waals surface area contributed by atoms with Crippen LogP contribution in [0.1, 0.15) is 16.7 Å². The average Bonchev–Trinajstić information content (AvgIpc) is 2.70. The molecule has 6 nitrogen and oxygen atoms in total. The second-order valence-corrected chi connectivity index (χ2v) is 9.19. The van der Waals surface area contributed by atoms with Gasteiger partial charge in [-0.3, -0.25) is 4.79 Å². The topological polar surface area (TPSA) is 75.7 Å². The summed E-state index contributed by atoms with van der Waals surface area (Å²) in [4.78, 5) is 12.5. The largest absolute Gasteiger partial charge is 0.379 e. The van der Waals surface area contributed by atoms with Gasteiger partial charge in [0, 0.05) is 19.2 Å². The number of amides is 1. The molecule has 2 aromatic carbocycles. The SMILES string of the molecule is Cc1cc(C)c(NC(=O)/C=C/c2ccc(S(=O)(=O)N3CCOCC3)cc2)c(Cl)c1. The zero-order chi connectivity index (χ0) is 21.0. The van der Waals surface area contributed by atoms with Crippen LogP contribution in [0.4, 0.5) is 5.69 Å². The van der Waals surface area contributed by atoms with Gasteiger partial charge in [-0.05, 0) is 54.8 Å². The standard InChI is InChI=1S/C21H23ClN2O4S/c1-15-13-16(2)21(19(22)14-15)23-20(25)8-5-17-3-6-18(7-4-17)29(26,27)24-9-11-28-12-10-24/h3-8,13-14H,9-12H2,1-2H3,(H,23,25)/b8-5+. The fourth-order valence-electron chi connectivity index (χ4n) is 3.10. The molecule has 2 aromatic rings. The van der Waals surface area contributed by atoms with Crippen LogP contribution in [0, 0.1) is 13.8 Å². The van der Waals surface area contributed by atoms with Crippen LogP contribution >= 0.6 is 11.6 Å². The fraction of sp³-hybridized carbons (Fsp3) is 0.286. The first-order valence-corrected chi connectivity index (χ1v) is 11.0. The van der Waals surface area contributed by atoms with Crippen molar-refractivity contribution >= 4 is 39.3 Å². The molecule has 3 rings (SSSR count). The maximum atomic E-state index is 12.6. The van der Waals surface area contributed by atoms with Crippen molar-refractivity contribution in [3.05, 3.63) is 64.2 Å². The van der Waals surface area contributed by atoms with Gasteiger partial charge < -0.3 is 10.1 Å². The number of carbonyl (C=O) groups is 1. The highest BCUT2D eigenvalue weighted by molar-refractivity contribution is 7.89. The van der Waals surface area contributed by atoms with Gasteiger partial charge in [-0.2, -0.15) is 4.31 Å². The van der Waals surface area contributed by atoms with Crippen LogP contribution in [-0.4, -0.2) is 44.9 Å². The van der Waals surface area contributed by atoms with Crippen molar-refractivity contribution in [1.82, 2.24) is 4.31 Å². The van der Waals surface area contributed by atoms with Crippen molar-refractivity contribution in [2.24, 2.45) is 0 Å². The molecule has 0 bridgehead atoms. The zero-order valence-corrected chi connectivity index (χ0v) is 17.9. The normalized spacial score (nSPS) is 15.6. The number of nitrogens with one attached hydrogen (secondary N) is 1. The van der Waals surface area contributed by atoms with Gasteiger partial charge in [-0.15, -0.1) is 0 Å². The Balaban J connectivity index is 1.68. The molecular formula is C21H23ClN2O4S. The number of morpholine rings is 1. The van der Waals surface area contributed by atoms with Crippen molar-refractivity contribution < 1.29 is 17.9 Å². The molecule has 1 N–H and O–H groups in total. The Morgan fingerprint density at radius 3 is 2.41 bits per heavy atom. The monoisotopic (exact) mass is 434 g/mol. The predicted octanol–water partition coefficient (Wildman–Crippen LogP) is 3.63. The molecule has 1 aliphatic rings. The molecule has 0 spiro atoms. The highest BCUT2D eigenvalue weighted by Crippen LogP contribution is 2.27. The summed E-state index contributed by atoms with van der Waals surface area (Å²) in [6, 6.07) is 10.2. The summed E-state index contributed by atoms with van der Waals surface area (Å²) in [5, 5.41) is 3.27. The van der Waals surface area contributed by atoms with Crippen LogP contribution < -0.4 is 5.32 Å². The number of sulfonamides is 1. The van der Waals surface area contributed by atoms with Crippen LogP contribution in [0.2, 0.25) is 5.02 Å². The van der Waals surface area contributed by atoms with Gasteiger partial charge in [-0.25, -0.2) is 8.42 Å². The third kappa shape index (κ3) is 5.25. The van der Waals surface area contributed by atoms with Crippen molar-refractivity contribution in [3.63, 3.8) is 0 Å². The molecule has 1 aliphatic heterocycles. The Bertz CT molecular complexity index is 1000. The number of nitrogens with zero attached hydrogens (tertiary/aromatic N) is 1. The van der Waals surface area contributed by atoms with E-state index in [-0.39, 0.29) is 10.8 Å². The summed E-state index contributed by atoms with van der Waals surface area (Å²) in [6.45, 7) is 5.33. The second-order valence-electron chi connectivity index (χ2n) is 6.85. The van der Waals surface area contributed by atoms with Crippen molar-refractivity contribution in [2.75, 3.05) is 31.6 Å². The van der Waals surface area contributed by atoms with E-state index in [1.165, 1.54) is 10.4 Å². The lowest BCUT2D eigenvalue weighted by molar-refractivity contribution is -0.111. The molecule has 1 saturated heterocycles. The third-order valence-electron chi connectivity index (χ3n) is 4.60. The quantitative estimate of drug-likeness (QED) is 0.729. The van der Waals surface area contributed by atoms with E-state index < -0.39 is 10.0 Å². The van der Waals surface area contributed by atoms with Gasteiger partial charge in [0.25, 0.3) is 0 Å². The number of halogens is 1. The molecule has 1 fully saturated rings. The first-order valence-electron chi connectivity index (χ1n) is 9.21. The van der Waals surface area contributed by atoms with Crippen LogP contribution in [0.25, 0.3) is 6.08 Å². The van der Waals surface area contributed by atoms with Gasteiger partial charge in [0.2, 0.25) is 15.9 Å². The van der Waals surface area contributed by atoms with Crippen molar-refractivity contribution in [1.29, 1.82) is 0 Å². The first-order chi connectivity index (χ1) is 13.8. The molecule has 8 heteroatoms. The summed E-state index contributed by atoms with van der Waals surface area (Å²) in [5.41, 5.74) is 3.20. The summed E-state index contributed by atoms with van der Waals surface area (Å²) in [5.74, 6) is -0.316. The van der Waals surface area contributed by atoms with E-state index in [0.717, 1.165) is 11.1 Å². The molecule has 0 saturated carbocycles. The van der Waals surface area contributed by atoms with Crippen LogP contribution in [0.3, 0.4) is 0 Å². The Morgan fingerprint density at radius 2 is 1.79 bits per heavy atom. The predicted molar refractivity (Wildman–Crippen MR) is 115 cm³/mol. The van der Waals surface area contributed by atoms with E-state index >= 15 is 0 Å². The minimum absolute atomic E-state index is 0.225. The Labute approximate surface area is 176 Å². The van der Waals surface area contributed by atoms with E-state index in [4.69, 9.17) is 16.3 Å². The lowest BCUT2D eigenvalue weighted by Crippen LogP contribution is -2.40. The van der Waals surface area contributed by atoms with E-state index in [0.29, 0.717) is 42.6 Å². The summed E-state index contributed by atoms with van der Waals surface area (Å²) < 4.78 is 31.9. The first kappa shape index (κ1) is 21.5. The number of carbonyl (C=O) groups excluding carboxylic acids is 1. The lowest BCUT2D eigenvalue weighted by atomic mass is 10.1. The molecule has 0 radical (unpaired) electrons. The number of aryl methyl sites for hydroxylation is 2. The maximum absolute atomic E-state index is 12.6. The second kappa shape index (κ2) is 9.09. The van der Waals surface area contributed by atoms with Gasteiger partial charge in [0.1, 0.15) is 0 Å². The molecule has 0 aliphatic carbocycles. The molecule has 1 heterocycles. The number of anilines is 1.